The average Bonchev–Trinajstić information content (AvgIpc) is 2.44. The van der Waals surface area contributed by atoms with Gasteiger partial charge in [-0.05, 0) is 0 Å². The second-order valence-electron chi connectivity index (χ2n) is 3.37. The summed E-state index contributed by atoms with van der Waals surface area (Å²) in [6, 6.07) is 19.9. The van der Waals surface area contributed by atoms with Crippen LogP contribution in [-0.4, -0.2) is 32.5 Å². The summed E-state index contributed by atoms with van der Waals surface area (Å²) in [5.41, 5.74) is 2.22. The molecule has 0 atom stereocenters. The van der Waals surface area contributed by atoms with Gasteiger partial charge in [0, 0.05) is 0 Å². The minimum Gasteiger partial charge on any atom is -0.619 e. The number of hydrogen-bond acceptors (Lipinski definition) is 1. The molecule has 2 aromatic carbocycles. The third-order valence-corrected chi connectivity index (χ3v) is 3.29. The predicted molar refractivity (Wildman–Crippen MR) is 78.0 cm³/mol. The molecule has 1 nitrogen and oxygen atoms in total. The molecule has 0 fully saturated rings. The average molecular weight is 265 g/mol. The largest absolute Gasteiger partial charge is 2.00 e. The van der Waals surface area contributed by atoms with Crippen LogP contribution in [0.2, 0.25) is 0 Å². The van der Waals surface area contributed by atoms with Crippen molar-refractivity contribution < 1.29 is 4.46 Å². The smallest absolute Gasteiger partial charge is 0.619 e. The number of benzene rings is 2. The van der Waals surface area contributed by atoms with Crippen molar-refractivity contribution in [3.8, 4) is 0 Å². The van der Waals surface area contributed by atoms with Crippen LogP contribution in [0.1, 0.15) is 23.6 Å². The fourth-order valence-electron chi connectivity index (χ4n) is 1.62. The van der Waals surface area contributed by atoms with Crippen LogP contribution in [0.3, 0.4) is 0 Å². The molecule has 0 amide bonds. The normalized spacial score (nSPS) is 8.83. The summed E-state index contributed by atoms with van der Waals surface area (Å²) < 4.78 is 11.3. The van der Waals surface area contributed by atoms with Gasteiger partial charge >= 0.3 is 23.1 Å². The molecule has 0 aliphatic rings. The van der Waals surface area contributed by atoms with Gasteiger partial charge in [-0.2, -0.15) is 16.3 Å². The minimum atomic E-state index is -0.346. The van der Waals surface area contributed by atoms with E-state index in [9.17, 15) is 4.46 Å². The fraction of sp³-hybridized carbons (Fsp3) is 0.133. The molecule has 0 aromatic heterocycles. The van der Waals surface area contributed by atoms with Crippen LogP contribution in [0.4, 0.5) is 0 Å². The van der Waals surface area contributed by atoms with E-state index in [1.54, 1.807) is 6.92 Å². The Balaban J connectivity index is 0.000000917. The van der Waals surface area contributed by atoms with Crippen LogP contribution in [0.5, 0.6) is 0 Å². The molecular weight excluding hydrogens is 249 g/mol. The molecule has 0 aliphatic heterocycles. The van der Waals surface area contributed by atoms with Crippen LogP contribution < -0.4 is 0 Å². The summed E-state index contributed by atoms with van der Waals surface area (Å²) in [5.74, 6) is 0. The first-order valence-corrected chi connectivity index (χ1v) is 6.58. The molecule has 0 spiro atoms. The van der Waals surface area contributed by atoms with Gasteiger partial charge in [0.1, 0.15) is 0 Å². The maximum atomic E-state index is 11.3. The van der Waals surface area contributed by atoms with Gasteiger partial charge in [-0.15, -0.1) is 0 Å². The molecule has 0 aliphatic carbocycles. The summed E-state index contributed by atoms with van der Waals surface area (Å²) in [5, 5.41) is 0. The van der Waals surface area contributed by atoms with Gasteiger partial charge in [0.2, 0.25) is 0 Å². The van der Waals surface area contributed by atoms with Gasteiger partial charge in [-0.1, -0.05) is 77.3 Å². The first-order valence-electron chi connectivity index (χ1n) is 5.60. The molecule has 88 valence electrons. The topological polar surface area (TPSA) is 17.1 Å². The van der Waals surface area contributed by atoms with Gasteiger partial charge in [-0.25, -0.2) is 0 Å². The van der Waals surface area contributed by atoms with E-state index in [1.165, 1.54) is 0 Å². The Morgan fingerprint density at radius 3 is 1.44 bits per heavy atom. The second kappa shape index (κ2) is 10.2. The zero-order chi connectivity index (χ0) is 12.5. The van der Waals surface area contributed by atoms with Gasteiger partial charge in [-0.3, -0.25) is 0 Å². The van der Waals surface area contributed by atoms with Gasteiger partial charge < -0.3 is 11.4 Å². The standard InChI is InChI=1S/C13H11OSi.C2H5.Mg/c14-15-13(11-7-3-1-4-8-11)12-9-5-2-6-10-12;1-2;/h1-10,13H;1H2,2H3;/q2*-1;+2. The summed E-state index contributed by atoms with van der Waals surface area (Å²) in [6.45, 7) is 5.00. The van der Waals surface area contributed by atoms with E-state index >= 15 is 0 Å². The molecule has 3 heteroatoms. The van der Waals surface area contributed by atoms with E-state index in [1.807, 2.05) is 60.7 Å². The first kappa shape index (κ1) is 17.2. The Morgan fingerprint density at radius 2 is 1.17 bits per heavy atom. The molecule has 18 heavy (non-hydrogen) atoms. The quantitative estimate of drug-likeness (QED) is 0.614. The van der Waals surface area contributed by atoms with Crippen molar-refractivity contribution in [1.82, 2.24) is 0 Å². The monoisotopic (exact) mass is 264 g/mol. The van der Waals surface area contributed by atoms with Crippen LogP contribution in [0.15, 0.2) is 60.7 Å². The third-order valence-electron chi connectivity index (χ3n) is 2.38. The zero-order valence-electron chi connectivity index (χ0n) is 10.7. The Labute approximate surface area is 128 Å². The van der Waals surface area contributed by atoms with E-state index in [0.29, 0.717) is 0 Å². The van der Waals surface area contributed by atoms with Crippen molar-refractivity contribution >= 4 is 32.5 Å². The molecular formula is C15H16MgOSi. The minimum absolute atomic E-state index is 0. The third kappa shape index (κ3) is 4.84. The van der Waals surface area contributed by atoms with Gasteiger partial charge in [0.15, 0.2) is 0 Å². The predicted octanol–water partition coefficient (Wildman–Crippen LogP) is 3.29. The SMILES string of the molecule is O=[Si-]C(c1ccccc1)c1ccccc1.[CH2-]C.[Mg+2]. The molecule has 0 unspecified atom stereocenters. The fourth-order valence-corrected chi connectivity index (χ4v) is 2.28. The summed E-state index contributed by atoms with van der Waals surface area (Å²) in [7, 11) is -0.346. The summed E-state index contributed by atoms with van der Waals surface area (Å²) in [6.07, 6.45) is 0. The maximum Gasteiger partial charge on any atom is 2.00 e. The Kier molecular flexibility index (Phi) is 9.73. The van der Waals surface area contributed by atoms with Crippen LogP contribution in [0, 0.1) is 6.92 Å². The van der Waals surface area contributed by atoms with Crippen LogP contribution >= 0.6 is 0 Å². The molecule has 0 saturated carbocycles. The van der Waals surface area contributed by atoms with E-state index in [-0.39, 0.29) is 38.0 Å². The first-order chi connectivity index (χ1) is 8.42. The van der Waals surface area contributed by atoms with Crippen molar-refractivity contribution in [2.75, 3.05) is 0 Å². The maximum absolute atomic E-state index is 11.3. The van der Waals surface area contributed by atoms with Gasteiger partial charge in [0.05, 0.1) is 0 Å². The van der Waals surface area contributed by atoms with E-state index in [0.717, 1.165) is 11.1 Å². The van der Waals surface area contributed by atoms with Crippen molar-refractivity contribution in [3.63, 3.8) is 0 Å². The molecule has 2 rings (SSSR count). The van der Waals surface area contributed by atoms with Crippen LogP contribution in [-0.2, 0) is 4.46 Å². The number of hydrogen-bond donors (Lipinski definition) is 0. The van der Waals surface area contributed by atoms with Crippen molar-refractivity contribution in [1.29, 1.82) is 0 Å². The summed E-state index contributed by atoms with van der Waals surface area (Å²) >= 11 is 0. The molecule has 0 heterocycles. The van der Waals surface area contributed by atoms with E-state index < -0.39 is 0 Å². The van der Waals surface area contributed by atoms with Gasteiger partial charge in [0.25, 0.3) is 0 Å². The zero-order valence-corrected chi connectivity index (χ0v) is 13.1. The van der Waals surface area contributed by atoms with Crippen molar-refractivity contribution in [2.45, 2.75) is 12.5 Å². The van der Waals surface area contributed by atoms with Crippen molar-refractivity contribution in [3.05, 3.63) is 78.7 Å². The summed E-state index contributed by atoms with van der Waals surface area (Å²) in [4.78, 5) is 0. The molecule has 0 bridgehead atoms. The number of rotatable bonds is 3. The van der Waals surface area contributed by atoms with E-state index in [4.69, 9.17) is 0 Å². The Bertz CT molecular complexity index is 391. The Hall–Kier alpha value is -0.777. The molecule has 2 aromatic rings. The second-order valence-corrected chi connectivity index (χ2v) is 4.19. The molecule has 0 saturated heterocycles. The Morgan fingerprint density at radius 1 is 0.833 bits per heavy atom. The van der Waals surface area contributed by atoms with Crippen LogP contribution in [0.25, 0.3) is 0 Å². The van der Waals surface area contributed by atoms with E-state index in [2.05, 4.69) is 6.92 Å². The van der Waals surface area contributed by atoms with Crippen molar-refractivity contribution in [2.24, 2.45) is 0 Å². The molecule has 0 radical (unpaired) electrons. The molecule has 0 N–H and O–H groups in total.